The lowest BCUT2D eigenvalue weighted by Gasteiger charge is -2.09. The van der Waals surface area contributed by atoms with Gasteiger partial charge in [-0.25, -0.2) is 9.78 Å². The van der Waals surface area contributed by atoms with E-state index in [1.54, 1.807) is 6.92 Å². The Kier molecular flexibility index (Phi) is 3.85. The highest BCUT2D eigenvalue weighted by Crippen LogP contribution is 2.27. The molecule has 1 aromatic carbocycles. The lowest BCUT2D eigenvalue weighted by atomic mass is 10.2. The minimum Gasteiger partial charge on any atom is -0.478 e. The van der Waals surface area contributed by atoms with Gasteiger partial charge in [0.2, 0.25) is 5.88 Å². The number of hydrogen-bond donors (Lipinski definition) is 1. The zero-order chi connectivity index (χ0) is 14.0. The number of ether oxygens (including phenoxy) is 1. The first kappa shape index (κ1) is 13.5. The van der Waals surface area contributed by atoms with Gasteiger partial charge in [0.1, 0.15) is 5.75 Å². The van der Waals surface area contributed by atoms with Crippen LogP contribution in [0.1, 0.15) is 21.6 Å². The molecule has 0 amide bonds. The molecule has 0 aliphatic heterocycles. The quantitative estimate of drug-likeness (QED) is 0.929. The van der Waals surface area contributed by atoms with E-state index in [1.165, 1.54) is 12.1 Å². The van der Waals surface area contributed by atoms with E-state index < -0.39 is 5.97 Å². The summed E-state index contributed by atoms with van der Waals surface area (Å²) in [7, 11) is 0. The Morgan fingerprint density at radius 2 is 2.00 bits per heavy atom. The standard InChI is InChI=1S/C14H12BrNO3/c1-8-3-4-11(15)7-12(8)19-13-6-10(14(17)18)5-9(2)16-13/h3-7H,1-2H3,(H,17,18). The van der Waals surface area contributed by atoms with E-state index in [1.807, 2.05) is 25.1 Å². The second kappa shape index (κ2) is 5.40. The summed E-state index contributed by atoms with van der Waals surface area (Å²) in [6.45, 7) is 3.64. The number of aromatic nitrogens is 1. The third-order valence-electron chi connectivity index (χ3n) is 2.54. The summed E-state index contributed by atoms with van der Waals surface area (Å²) in [5.41, 5.74) is 1.71. The third kappa shape index (κ3) is 3.32. The van der Waals surface area contributed by atoms with Crippen molar-refractivity contribution in [2.75, 3.05) is 0 Å². The molecule has 0 aliphatic rings. The molecule has 0 aliphatic carbocycles. The predicted molar refractivity (Wildman–Crippen MR) is 74.9 cm³/mol. The maximum atomic E-state index is 11.0. The number of aromatic carboxylic acids is 1. The second-order valence-corrected chi connectivity index (χ2v) is 5.07. The Hall–Kier alpha value is -1.88. The summed E-state index contributed by atoms with van der Waals surface area (Å²) in [5.74, 6) is -0.0799. The summed E-state index contributed by atoms with van der Waals surface area (Å²) in [6.07, 6.45) is 0. The topological polar surface area (TPSA) is 59.4 Å². The van der Waals surface area contributed by atoms with Gasteiger partial charge in [0.05, 0.1) is 5.56 Å². The molecule has 0 radical (unpaired) electrons. The van der Waals surface area contributed by atoms with Crippen molar-refractivity contribution in [2.24, 2.45) is 0 Å². The molecule has 0 unspecified atom stereocenters. The molecule has 0 saturated carbocycles. The zero-order valence-electron chi connectivity index (χ0n) is 10.5. The largest absolute Gasteiger partial charge is 0.478 e. The minimum absolute atomic E-state index is 0.162. The Balaban J connectivity index is 2.38. The molecule has 19 heavy (non-hydrogen) atoms. The highest BCUT2D eigenvalue weighted by molar-refractivity contribution is 9.10. The molecule has 0 spiro atoms. The smallest absolute Gasteiger partial charge is 0.335 e. The van der Waals surface area contributed by atoms with Gasteiger partial charge in [-0.3, -0.25) is 0 Å². The number of carboxylic acids is 1. The van der Waals surface area contributed by atoms with Gasteiger partial charge in [-0.2, -0.15) is 0 Å². The van der Waals surface area contributed by atoms with E-state index in [9.17, 15) is 4.79 Å². The fourth-order valence-electron chi connectivity index (χ4n) is 1.61. The highest BCUT2D eigenvalue weighted by Gasteiger charge is 2.09. The van der Waals surface area contributed by atoms with Crippen LogP contribution in [-0.4, -0.2) is 16.1 Å². The van der Waals surface area contributed by atoms with Crippen LogP contribution in [0.3, 0.4) is 0 Å². The van der Waals surface area contributed by atoms with Crippen LogP contribution in [0.15, 0.2) is 34.8 Å². The van der Waals surface area contributed by atoms with E-state index in [2.05, 4.69) is 20.9 Å². The van der Waals surface area contributed by atoms with Crippen molar-refractivity contribution in [2.45, 2.75) is 13.8 Å². The van der Waals surface area contributed by atoms with Crippen LogP contribution in [0.2, 0.25) is 0 Å². The molecule has 2 rings (SSSR count). The monoisotopic (exact) mass is 321 g/mol. The highest BCUT2D eigenvalue weighted by atomic mass is 79.9. The number of halogens is 1. The van der Waals surface area contributed by atoms with Gasteiger partial charge in [0, 0.05) is 16.2 Å². The summed E-state index contributed by atoms with van der Waals surface area (Å²) in [6, 6.07) is 8.56. The van der Waals surface area contributed by atoms with Crippen molar-refractivity contribution in [1.29, 1.82) is 0 Å². The summed E-state index contributed by atoms with van der Waals surface area (Å²) in [5, 5.41) is 9.01. The molecule has 0 fully saturated rings. The Morgan fingerprint density at radius 1 is 1.26 bits per heavy atom. The third-order valence-corrected chi connectivity index (χ3v) is 3.03. The lowest BCUT2D eigenvalue weighted by molar-refractivity contribution is 0.0696. The average molecular weight is 322 g/mol. The van der Waals surface area contributed by atoms with Crippen LogP contribution in [0, 0.1) is 13.8 Å². The first-order chi connectivity index (χ1) is 8.95. The number of rotatable bonds is 3. The van der Waals surface area contributed by atoms with Crippen LogP contribution in [-0.2, 0) is 0 Å². The first-order valence-corrected chi connectivity index (χ1v) is 6.41. The van der Waals surface area contributed by atoms with E-state index in [0.29, 0.717) is 11.4 Å². The average Bonchev–Trinajstić information content (AvgIpc) is 2.33. The normalized spacial score (nSPS) is 10.3. The van der Waals surface area contributed by atoms with Crippen molar-refractivity contribution in [3.63, 3.8) is 0 Å². The Bertz CT molecular complexity index is 641. The fourth-order valence-corrected chi connectivity index (χ4v) is 1.95. The number of pyridine rings is 1. The van der Waals surface area contributed by atoms with E-state index in [-0.39, 0.29) is 11.4 Å². The zero-order valence-corrected chi connectivity index (χ0v) is 12.1. The molecule has 1 heterocycles. The first-order valence-electron chi connectivity index (χ1n) is 5.61. The summed E-state index contributed by atoms with van der Waals surface area (Å²) in [4.78, 5) is 15.2. The summed E-state index contributed by atoms with van der Waals surface area (Å²) >= 11 is 3.37. The molecule has 2 aromatic rings. The summed E-state index contributed by atoms with van der Waals surface area (Å²) < 4.78 is 6.55. The van der Waals surface area contributed by atoms with Crippen LogP contribution >= 0.6 is 15.9 Å². The Morgan fingerprint density at radius 3 is 2.68 bits per heavy atom. The molecule has 0 atom stereocenters. The molecule has 0 saturated heterocycles. The molecule has 0 bridgehead atoms. The SMILES string of the molecule is Cc1cc(C(=O)O)cc(Oc2cc(Br)ccc2C)n1. The van der Waals surface area contributed by atoms with Gasteiger partial charge < -0.3 is 9.84 Å². The second-order valence-electron chi connectivity index (χ2n) is 4.15. The van der Waals surface area contributed by atoms with Gasteiger partial charge >= 0.3 is 5.97 Å². The van der Waals surface area contributed by atoms with Gasteiger partial charge in [-0.15, -0.1) is 0 Å². The number of carboxylic acid groups (broad SMARTS) is 1. The maximum absolute atomic E-state index is 11.0. The van der Waals surface area contributed by atoms with Crippen LogP contribution in [0.4, 0.5) is 0 Å². The predicted octanol–water partition coefficient (Wildman–Crippen LogP) is 3.95. The minimum atomic E-state index is -0.999. The van der Waals surface area contributed by atoms with Crippen molar-refractivity contribution < 1.29 is 14.6 Å². The van der Waals surface area contributed by atoms with Gasteiger partial charge in [-0.05, 0) is 37.6 Å². The maximum Gasteiger partial charge on any atom is 0.335 e. The molecule has 1 aromatic heterocycles. The van der Waals surface area contributed by atoms with Crippen molar-refractivity contribution in [1.82, 2.24) is 4.98 Å². The number of benzene rings is 1. The Labute approximate surface area is 119 Å². The fraction of sp³-hybridized carbons (Fsp3) is 0.143. The number of aryl methyl sites for hydroxylation is 2. The lowest BCUT2D eigenvalue weighted by Crippen LogP contribution is -2.00. The molecule has 1 N–H and O–H groups in total. The van der Waals surface area contributed by atoms with Crippen LogP contribution in [0.25, 0.3) is 0 Å². The van der Waals surface area contributed by atoms with Crippen molar-refractivity contribution in [3.8, 4) is 11.6 Å². The van der Waals surface area contributed by atoms with Crippen LogP contribution < -0.4 is 4.74 Å². The number of nitrogens with zero attached hydrogens (tertiary/aromatic N) is 1. The molecule has 5 heteroatoms. The van der Waals surface area contributed by atoms with Gasteiger partial charge in [-0.1, -0.05) is 22.0 Å². The van der Waals surface area contributed by atoms with Gasteiger partial charge in [0.15, 0.2) is 0 Å². The van der Waals surface area contributed by atoms with E-state index in [0.717, 1.165) is 10.0 Å². The number of hydrogen-bond acceptors (Lipinski definition) is 3. The van der Waals surface area contributed by atoms with E-state index in [4.69, 9.17) is 9.84 Å². The molecule has 4 nitrogen and oxygen atoms in total. The van der Waals surface area contributed by atoms with Crippen molar-refractivity contribution in [3.05, 3.63) is 51.6 Å². The van der Waals surface area contributed by atoms with E-state index >= 15 is 0 Å². The molecular weight excluding hydrogens is 310 g/mol. The van der Waals surface area contributed by atoms with Gasteiger partial charge in [0.25, 0.3) is 0 Å². The van der Waals surface area contributed by atoms with Crippen LogP contribution in [0.5, 0.6) is 11.6 Å². The molecule has 98 valence electrons. The van der Waals surface area contributed by atoms with Crippen molar-refractivity contribution >= 4 is 21.9 Å². The molecular formula is C14H12BrNO3. The number of carbonyl (C=O) groups is 1.